The first-order valence-corrected chi connectivity index (χ1v) is 10.3. The van der Waals surface area contributed by atoms with Gasteiger partial charge in [-0.3, -0.25) is 9.36 Å². The molecule has 1 fully saturated rings. The lowest BCUT2D eigenvalue weighted by Crippen LogP contribution is -2.17. The maximum atomic E-state index is 12.7. The van der Waals surface area contributed by atoms with Gasteiger partial charge in [0, 0.05) is 39.8 Å². The maximum absolute atomic E-state index is 12.7. The SMILES string of the molecule is Cc1ccc(COc2ccn(-c3ccc4nc(C5CC5)c(C)n4c3)c(=O)c2)s1. The third-order valence-electron chi connectivity index (χ3n) is 5.19. The van der Waals surface area contributed by atoms with Crippen LogP contribution < -0.4 is 10.3 Å². The average Bonchev–Trinajstić information content (AvgIpc) is 3.37. The number of ether oxygens (including phenoxy) is 1. The molecule has 1 saturated carbocycles. The molecule has 1 aliphatic rings. The van der Waals surface area contributed by atoms with Crippen LogP contribution in [0.2, 0.25) is 0 Å². The lowest BCUT2D eigenvalue weighted by atomic mass is 10.2. The second-order valence-electron chi connectivity index (χ2n) is 7.34. The number of imidazole rings is 1. The Labute approximate surface area is 166 Å². The minimum atomic E-state index is -0.112. The first-order chi connectivity index (χ1) is 13.6. The number of fused-ring (bicyclic) bond motifs is 1. The summed E-state index contributed by atoms with van der Waals surface area (Å²) in [6.45, 7) is 4.65. The van der Waals surface area contributed by atoms with Gasteiger partial charge in [-0.1, -0.05) is 0 Å². The van der Waals surface area contributed by atoms with Gasteiger partial charge in [0.15, 0.2) is 0 Å². The van der Waals surface area contributed by atoms with Gasteiger partial charge in [-0.25, -0.2) is 4.98 Å². The molecule has 5 nitrogen and oxygen atoms in total. The fraction of sp³-hybridized carbons (Fsp3) is 0.273. The molecule has 4 aromatic heterocycles. The summed E-state index contributed by atoms with van der Waals surface area (Å²) in [5.41, 5.74) is 4.00. The highest BCUT2D eigenvalue weighted by atomic mass is 32.1. The summed E-state index contributed by atoms with van der Waals surface area (Å²) < 4.78 is 9.50. The van der Waals surface area contributed by atoms with Crippen LogP contribution in [0.25, 0.3) is 11.3 Å². The lowest BCUT2D eigenvalue weighted by Gasteiger charge is -2.09. The highest BCUT2D eigenvalue weighted by Gasteiger charge is 2.28. The topological polar surface area (TPSA) is 48.5 Å². The van der Waals surface area contributed by atoms with Crippen molar-refractivity contribution < 1.29 is 4.74 Å². The van der Waals surface area contributed by atoms with Crippen molar-refractivity contribution in [3.8, 4) is 11.4 Å². The van der Waals surface area contributed by atoms with E-state index in [1.807, 2.05) is 24.4 Å². The monoisotopic (exact) mass is 391 g/mol. The van der Waals surface area contributed by atoms with Crippen molar-refractivity contribution in [2.45, 2.75) is 39.2 Å². The largest absolute Gasteiger partial charge is 0.488 e. The van der Waals surface area contributed by atoms with Gasteiger partial charge in [-0.2, -0.15) is 0 Å². The van der Waals surface area contributed by atoms with E-state index in [1.54, 1.807) is 28.2 Å². The summed E-state index contributed by atoms with van der Waals surface area (Å²) in [6.07, 6.45) is 6.21. The zero-order chi connectivity index (χ0) is 19.3. The summed E-state index contributed by atoms with van der Waals surface area (Å²) in [7, 11) is 0. The molecular weight excluding hydrogens is 370 g/mol. The van der Waals surface area contributed by atoms with Crippen molar-refractivity contribution in [2.24, 2.45) is 0 Å². The molecule has 0 aliphatic heterocycles. The minimum Gasteiger partial charge on any atom is -0.488 e. The Morgan fingerprint density at radius 3 is 2.75 bits per heavy atom. The van der Waals surface area contributed by atoms with Crippen molar-refractivity contribution >= 4 is 17.0 Å². The molecule has 0 bridgehead atoms. The molecule has 1 aliphatic carbocycles. The minimum absolute atomic E-state index is 0.112. The van der Waals surface area contributed by atoms with Gasteiger partial charge in [-0.15, -0.1) is 11.3 Å². The smallest absolute Gasteiger partial charge is 0.258 e. The number of thiophene rings is 1. The number of pyridine rings is 2. The van der Waals surface area contributed by atoms with E-state index < -0.39 is 0 Å². The second-order valence-corrected chi connectivity index (χ2v) is 8.72. The number of hydrogen-bond donors (Lipinski definition) is 0. The Balaban J connectivity index is 1.42. The van der Waals surface area contributed by atoms with Crippen LogP contribution in [0.4, 0.5) is 0 Å². The van der Waals surface area contributed by atoms with Crippen LogP contribution in [0.15, 0.2) is 53.6 Å². The van der Waals surface area contributed by atoms with Crippen LogP contribution >= 0.6 is 11.3 Å². The standard InChI is InChI=1S/C22H21N3O2S/c1-14-3-7-19(28-14)13-27-18-9-10-24(21(26)11-18)17-6-8-20-23-22(16-4-5-16)15(2)25(20)12-17/h3,6-12,16H,4-5,13H2,1-2H3. The van der Waals surface area contributed by atoms with Crippen molar-refractivity contribution in [3.05, 3.63) is 80.3 Å². The zero-order valence-corrected chi connectivity index (χ0v) is 16.7. The van der Waals surface area contributed by atoms with Gasteiger partial charge < -0.3 is 9.14 Å². The molecule has 5 rings (SSSR count). The van der Waals surface area contributed by atoms with Crippen molar-refractivity contribution in [2.75, 3.05) is 0 Å². The van der Waals surface area contributed by atoms with E-state index in [2.05, 4.69) is 30.4 Å². The maximum Gasteiger partial charge on any atom is 0.258 e. The van der Waals surface area contributed by atoms with Crippen LogP contribution in [0.1, 0.15) is 39.9 Å². The van der Waals surface area contributed by atoms with Crippen molar-refractivity contribution in [3.63, 3.8) is 0 Å². The van der Waals surface area contributed by atoms with Crippen LogP contribution in [-0.4, -0.2) is 14.0 Å². The quantitative estimate of drug-likeness (QED) is 0.499. The first kappa shape index (κ1) is 17.3. The summed E-state index contributed by atoms with van der Waals surface area (Å²) in [4.78, 5) is 19.8. The first-order valence-electron chi connectivity index (χ1n) is 9.48. The predicted octanol–water partition coefficient (Wildman–Crippen LogP) is 4.62. The third kappa shape index (κ3) is 3.14. The molecule has 0 aromatic carbocycles. The van der Waals surface area contributed by atoms with Crippen LogP contribution in [0.5, 0.6) is 5.75 Å². The van der Waals surface area contributed by atoms with E-state index in [9.17, 15) is 4.79 Å². The fourth-order valence-corrected chi connectivity index (χ4v) is 4.34. The van der Waals surface area contributed by atoms with Crippen LogP contribution in [0.3, 0.4) is 0 Å². The van der Waals surface area contributed by atoms with Gasteiger partial charge in [0.05, 0.1) is 11.4 Å². The van der Waals surface area contributed by atoms with Crippen LogP contribution in [0, 0.1) is 13.8 Å². The van der Waals surface area contributed by atoms with Gasteiger partial charge in [0.1, 0.15) is 18.0 Å². The van der Waals surface area contributed by atoms with Gasteiger partial charge >= 0.3 is 0 Å². The third-order valence-corrected chi connectivity index (χ3v) is 6.16. The van der Waals surface area contributed by atoms with E-state index >= 15 is 0 Å². The summed E-state index contributed by atoms with van der Waals surface area (Å²) in [5, 5.41) is 0. The summed E-state index contributed by atoms with van der Waals surface area (Å²) in [5.74, 6) is 1.19. The van der Waals surface area contributed by atoms with E-state index in [0.29, 0.717) is 18.3 Å². The molecule has 0 unspecified atom stereocenters. The average molecular weight is 391 g/mol. The van der Waals surface area contributed by atoms with E-state index in [-0.39, 0.29) is 5.56 Å². The van der Waals surface area contributed by atoms with Crippen molar-refractivity contribution in [1.82, 2.24) is 14.0 Å². The van der Waals surface area contributed by atoms with E-state index in [4.69, 9.17) is 9.72 Å². The molecule has 28 heavy (non-hydrogen) atoms. The highest BCUT2D eigenvalue weighted by molar-refractivity contribution is 7.11. The molecule has 0 radical (unpaired) electrons. The molecule has 142 valence electrons. The summed E-state index contributed by atoms with van der Waals surface area (Å²) in [6, 6.07) is 11.4. The number of nitrogens with zero attached hydrogens (tertiary/aromatic N) is 3. The molecule has 4 aromatic rings. The number of hydrogen-bond acceptors (Lipinski definition) is 4. The normalized spacial score (nSPS) is 13.9. The molecule has 0 saturated heterocycles. The Kier molecular flexibility index (Phi) is 4.09. The molecular formula is C22H21N3O2S. The van der Waals surface area contributed by atoms with Gasteiger partial charge in [-0.05, 0) is 57.0 Å². The number of aromatic nitrogens is 3. The summed E-state index contributed by atoms with van der Waals surface area (Å²) >= 11 is 1.70. The Hall–Kier alpha value is -2.86. The highest BCUT2D eigenvalue weighted by Crippen LogP contribution is 2.41. The predicted molar refractivity (Wildman–Crippen MR) is 111 cm³/mol. The lowest BCUT2D eigenvalue weighted by molar-refractivity contribution is 0.309. The molecule has 0 N–H and O–H groups in total. The van der Waals surface area contributed by atoms with Gasteiger partial charge in [0.2, 0.25) is 0 Å². The number of aryl methyl sites for hydroxylation is 2. The second kappa shape index (κ2) is 6.63. The molecule has 6 heteroatoms. The molecule has 0 atom stereocenters. The fourth-order valence-electron chi connectivity index (χ4n) is 3.54. The molecule has 0 amide bonds. The molecule has 4 heterocycles. The molecule has 0 spiro atoms. The Morgan fingerprint density at radius 1 is 1.18 bits per heavy atom. The van der Waals surface area contributed by atoms with Crippen molar-refractivity contribution in [1.29, 1.82) is 0 Å². The Bertz CT molecular complexity index is 1230. The van der Waals surface area contributed by atoms with Gasteiger partial charge in [0.25, 0.3) is 5.56 Å². The zero-order valence-electron chi connectivity index (χ0n) is 15.9. The van der Waals surface area contributed by atoms with E-state index in [1.165, 1.54) is 29.1 Å². The number of rotatable bonds is 5. The van der Waals surface area contributed by atoms with Crippen LogP contribution in [-0.2, 0) is 6.61 Å². The Morgan fingerprint density at radius 2 is 2.04 bits per heavy atom. The van der Waals surface area contributed by atoms with E-state index in [0.717, 1.165) is 16.2 Å².